The van der Waals surface area contributed by atoms with Gasteiger partial charge in [0, 0.05) is 13.6 Å². The number of nitrogens with zero attached hydrogens (tertiary/aromatic N) is 1. The lowest BCUT2D eigenvalue weighted by Gasteiger charge is -2.35. The summed E-state index contributed by atoms with van der Waals surface area (Å²) in [5.41, 5.74) is 0. The molecule has 0 aromatic carbocycles. The van der Waals surface area contributed by atoms with Gasteiger partial charge in [-0.2, -0.15) is 0 Å². The van der Waals surface area contributed by atoms with E-state index >= 15 is 0 Å². The molecule has 0 aromatic rings. The van der Waals surface area contributed by atoms with Gasteiger partial charge in [-0.25, -0.2) is 4.79 Å². The molecule has 18 heavy (non-hydrogen) atoms. The van der Waals surface area contributed by atoms with Gasteiger partial charge in [0.2, 0.25) is 0 Å². The lowest BCUT2D eigenvalue weighted by molar-refractivity contribution is -0.154. The second-order valence-corrected chi connectivity index (χ2v) is 5.24. The number of hydrogen-bond acceptors (Lipinski definition) is 4. The van der Waals surface area contributed by atoms with Gasteiger partial charge in [-0.15, -0.1) is 0 Å². The van der Waals surface area contributed by atoms with Gasteiger partial charge in [-0.1, -0.05) is 0 Å². The van der Waals surface area contributed by atoms with Crippen molar-refractivity contribution < 1.29 is 24.5 Å². The highest BCUT2D eigenvalue weighted by Crippen LogP contribution is 2.28. The Bertz CT molecular complexity index is 339. The van der Waals surface area contributed by atoms with Gasteiger partial charge in [0.1, 0.15) is 6.10 Å². The van der Waals surface area contributed by atoms with Crippen LogP contribution in [0.2, 0.25) is 0 Å². The number of amides is 1. The lowest BCUT2D eigenvalue weighted by Crippen LogP contribution is -2.43. The van der Waals surface area contributed by atoms with E-state index in [1.165, 1.54) is 0 Å². The second-order valence-electron chi connectivity index (χ2n) is 5.24. The fourth-order valence-corrected chi connectivity index (χ4v) is 2.57. The first kappa shape index (κ1) is 13.3. The molecule has 1 amide bonds. The molecule has 1 heterocycles. The molecule has 2 atom stereocenters. The van der Waals surface area contributed by atoms with Crippen molar-refractivity contribution in [2.24, 2.45) is 5.92 Å². The number of aliphatic hydroxyl groups is 1. The Morgan fingerprint density at radius 3 is 2.39 bits per heavy atom. The first-order valence-corrected chi connectivity index (χ1v) is 6.28. The molecule has 6 nitrogen and oxygen atoms in total. The predicted octanol–water partition coefficient (Wildman–Crippen LogP) is -0.152. The van der Waals surface area contributed by atoms with Crippen LogP contribution >= 0.6 is 0 Å². The molecular weight excluding hydrogens is 238 g/mol. The van der Waals surface area contributed by atoms with Crippen LogP contribution in [0, 0.1) is 5.92 Å². The molecule has 6 heteroatoms. The maximum atomic E-state index is 12.0. The van der Waals surface area contributed by atoms with Crippen molar-refractivity contribution in [2.45, 2.75) is 44.0 Å². The SMILES string of the molecule is CN(CC1CC(O)C1)C(=O)[C@@H]1CC[C@H](C(=O)O)O1. The lowest BCUT2D eigenvalue weighted by atomic mass is 9.82. The third kappa shape index (κ3) is 2.81. The summed E-state index contributed by atoms with van der Waals surface area (Å²) in [6.07, 6.45) is 0.633. The van der Waals surface area contributed by atoms with Crippen LogP contribution in [0.25, 0.3) is 0 Å². The number of aliphatic hydroxyl groups excluding tert-OH is 1. The Morgan fingerprint density at radius 2 is 1.89 bits per heavy atom. The molecule has 0 aromatic heterocycles. The van der Waals surface area contributed by atoms with E-state index in [1.807, 2.05) is 0 Å². The molecular formula is C12H19NO5. The number of carbonyl (C=O) groups excluding carboxylic acids is 1. The highest BCUT2D eigenvalue weighted by molar-refractivity contribution is 5.82. The van der Waals surface area contributed by atoms with E-state index in [9.17, 15) is 14.7 Å². The van der Waals surface area contributed by atoms with Crippen LogP contribution in [0.15, 0.2) is 0 Å². The quantitative estimate of drug-likeness (QED) is 0.731. The van der Waals surface area contributed by atoms with Gasteiger partial charge in [0.05, 0.1) is 6.10 Å². The maximum absolute atomic E-state index is 12.0. The van der Waals surface area contributed by atoms with Crippen LogP contribution in [0.5, 0.6) is 0 Å². The normalized spacial score (nSPS) is 35.0. The summed E-state index contributed by atoms with van der Waals surface area (Å²) in [5, 5.41) is 18.0. The Hall–Kier alpha value is -1.14. The zero-order chi connectivity index (χ0) is 13.3. The fraction of sp³-hybridized carbons (Fsp3) is 0.833. The summed E-state index contributed by atoms with van der Waals surface area (Å²) in [6.45, 7) is 0.605. The summed E-state index contributed by atoms with van der Waals surface area (Å²) in [6, 6.07) is 0. The van der Waals surface area contributed by atoms with Crippen LogP contribution in [0.4, 0.5) is 0 Å². The average molecular weight is 257 g/mol. The summed E-state index contributed by atoms with van der Waals surface area (Å²) in [7, 11) is 1.70. The van der Waals surface area contributed by atoms with E-state index in [-0.39, 0.29) is 12.0 Å². The standard InChI is InChI=1S/C12H19NO5/c1-13(6-7-4-8(14)5-7)11(15)9-2-3-10(18-9)12(16)17/h7-10,14H,2-6H2,1H3,(H,16,17)/t7?,8?,9-,10+/m0/s1. The molecule has 1 saturated carbocycles. The van der Waals surface area contributed by atoms with Crippen molar-refractivity contribution in [2.75, 3.05) is 13.6 Å². The Kier molecular flexibility index (Phi) is 3.87. The van der Waals surface area contributed by atoms with E-state index in [4.69, 9.17) is 9.84 Å². The van der Waals surface area contributed by atoms with Gasteiger partial charge < -0.3 is 19.8 Å². The summed E-state index contributed by atoms with van der Waals surface area (Å²) >= 11 is 0. The van der Waals surface area contributed by atoms with Gasteiger partial charge in [0.15, 0.2) is 6.10 Å². The molecule has 1 aliphatic carbocycles. The summed E-state index contributed by atoms with van der Waals surface area (Å²) < 4.78 is 5.22. The summed E-state index contributed by atoms with van der Waals surface area (Å²) in [4.78, 5) is 24.3. The topological polar surface area (TPSA) is 87.1 Å². The third-order valence-corrected chi connectivity index (χ3v) is 3.69. The largest absolute Gasteiger partial charge is 0.479 e. The predicted molar refractivity (Wildman–Crippen MR) is 61.9 cm³/mol. The molecule has 1 saturated heterocycles. The van der Waals surface area contributed by atoms with Gasteiger partial charge in [0.25, 0.3) is 5.91 Å². The minimum Gasteiger partial charge on any atom is -0.479 e. The van der Waals surface area contributed by atoms with E-state index in [0.717, 1.165) is 12.8 Å². The van der Waals surface area contributed by atoms with E-state index in [1.54, 1.807) is 11.9 Å². The molecule has 0 unspecified atom stereocenters. The Morgan fingerprint density at radius 1 is 1.28 bits per heavy atom. The molecule has 1 aliphatic heterocycles. The maximum Gasteiger partial charge on any atom is 0.332 e. The van der Waals surface area contributed by atoms with Gasteiger partial charge in [-0.3, -0.25) is 4.79 Å². The van der Waals surface area contributed by atoms with Crippen molar-refractivity contribution in [3.63, 3.8) is 0 Å². The van der Waals surface area contributed by atoms with Gasteiger partial charge in [-0.05, 0) is 31.6 Å². The Balaban J connectivity index is 1.78. The number of carboxylic acids is 1. The summed E-state index contributed by atoms with van der Waals surface area (Å²) in [5.74, 6) is -0.805. The number of ether oxygens (including phenoxy) is 1. The van der Waals surface area contributed by atoms with Crippen molar-refractivity contribution in [1.82, 2.24) is 4.90 Å². The minimum atomic E-state index is -1.00. The molecule has 0 spiro atoms. The number of carbonyl (C=O) groups is 2. The van der Waals surface area contributed by atoms with Crippen LogP contribution in [-0.2, 0) is 14.3 Å². The van der Waals surface area contributed by atoms with Crippen LogP contribution in [0.3, 0.4) is 0 Å². The van der Waals surface area contributed by atoms with Crippen molar-refractivity contribution in [3.8, 4) is 0 Å². The highest BCUT2D eigenvalue weighted by atomic mass is 16.5. The second kappa shape index (κ2) is 5.24. The zero-order valence-corrected chi connectivity index (χ0v) is 10.4. The third-order valence-electron chi connectivity index (χ3n) is 3.69. The number of hydrogen-bond donors (Lipinski definition) is 2. The molecule has 102 valence electrons. The molecule has 0 bridgehead atoms. The van der Waals surface area contributed by atoms with E-state index < -0.39 is 18.2 Å². The van der Waals surface area contributed by atoms with Crippen LogP contribution in [-0.4, -0.2) is 58.9 Å². The first-order valence-electron chi connectivity index (χ1n) is 6.28. The molecule has 2 aliphatic rings. The number of rotatable bonds is 4. The molecule has 2 fully saturated rings. The molecule has 0 radical (unpaired) electrons. The van der Waals surface area contributed by atoms with Crippen LogP contribution in [0.1, 0.15) is 25.7 Å². The highest BCUT2D eigenvalue weighted by Gasteiger charge is 2.37. The monoisotopic (exact) mass is 257 g/mol. The fourth-order valence-electron chi connectivity index (χ4n) is 2.57. The van der Waals surface area contributed by atoms with Crippen LogP contribution < -0.4 is 0 Å². The van der Waals surface area contributed by atoms with Crippen molar-refractivity contribution >= 4 is 11.9 Å². The van der Waals surface area contributed by atoms with Crippen molar-refractivity contribution in [3.05, 3.63) is 0 Å². The van der Waals surface area contributed by atoms with Gasteiger partial charge >= 0.3 is 5.97 Å². The molecule has 2 N–H and O–H groups in total. The number of aliphatic carboxylic acids is 1. The van der Waals surface area contributed by atoms with E-state index in [0.29, 0.717) is 25.3 Å². The zero-order valence-electron chi connectivity index (χ0n) is 10.4. The number of carboxylic acid groups (broad SMARTS) is 1. The average Bonchev–Trinajstić information content (AvgIpc) is 2.75. The minimum absolute atomic E-state index is 0.153. The molecule has 2 rings (SSSR count). The van der Waals surface area contributed by atoms with E-state index in [2.05, 4.69) is 0 Å². The smallest absolute Gasteiger partial charge is 0.332 e. The number of likely N-dealkylation sites (N-methyl/N-ethyl adjacent to an activating group) is 1. The first-order chi connectivity index (χ1) is 8.47. The Labute approximate surface area is 106 Å². The van der Waals surface area contributed by atoms with Crippen molar-refractivity contribution in [1.29, 1.82) is 0 Å².